The van der Waals surface area contributed by atoms with E-state index < -0.39 is 12.2 Å². The first kappa shape index (κ1) is 23.8. The van der Waals surface area contributed by atoms with Gasteiger partial charge in [-0.1, -0.05) is 25.3 Å². The van der Waals surface area contributed by atoms with Crippen molar-refractivity contribution in [1.29, 1.82) is 0 Å². The standard InChI is InChI=1S/C25H27F2N3O3/c1-5-8-19(6-2)29-20-12-18(13-21(14-20)31-7-3)25(15-32-24(28)30-25)17-9-10-22(16(4)11-17)33-23(26)27/h5-6,8-14,23,29H,1-2,7,15H2,3-4H3,(H2,28,30)/b19-8+. The molecular formula is C25H27F2N3O3. The van der Waals surface area contributed by atoms with Crippen LogP contribution in [0.1, 0.15) is 23.6 Å². The third-order valence-electron chi connectivity index (χ3n) is 5.10. The van der Waals surface area contributed by atoms with E-state index in [4.69, 9.17) is 15.2 Å². The first-order valence-electron chi connectivity index (χ1n) is 10.4. The van der Waals surface area contributed by atoms with Crippen molar-refractivity contribution in [1.82, 2.24) is 0 Å². The molecular weight excluding hydrogens is 428 g/mol. The van der Waals surface area contributed by atoms with Crippen LogP contribution in [0.2, 0.25) is 0 Å². The Bertz CT molecular complexity index is 1100. The molecule has 1 atom stereocenters. The zero-order valence-electron chi connectivity index (χ0n) is 18.6. The summed E-state index contributed by atoms with van der Waals surface area (Å²) in [6, 6.07) is 10.6. The van der Waals surface area contributed by atoms with E-state index in [1.165, 1.54) is 6.07 Å². The number of nitrogens with one attached hydrogen (secondary N) is 1. The Hall–Kier alpha value is -3.81. The Morgan fingerprint density at radius 1 is 1.27 bits per heavy atom. The van der Waals surface area contributed by atoms with E-state index in [1.54, 1.807) is 37.3 Å². The molecule has 0 saturated carbocycles. The number of alkyl halides is 2. The normalized spacial score (nSPS) is 17.8. The van der Waals surface area contributed by atoms with Gasteiger partial charge in [-0.2, -0.15) is 8.78 Å². The second-order valence-electron chi connectivity index (χ2n) is 7.32. The number of anilines is 1. The second-order valence-corrected chi connectivity index (χ2v) is 7.32. The number of amidine groups is 1. The van der Waals surface area contributed by atoms with Gasteiger partial charge in [0.1, 0.15) is 18.1 Å². The fourth-order valence-corrected chi connectivity index (χ4v) is 3.64. The molecule has 8 heteroatoms. The van der Waals surface area contributed by atoms with E-state index in [2.05, 4.69) is 28.2 Å². The fraction of sp³-hybridized carbons (Fsp3) is 0.240. The Morgan fingerprint density at radius 2 is 2.06 bits per heavy atom. The number of nitrogens with zero attached hydrogens (tertiary/aromatic N) is 1. The summed E-state index contributed by atoms with van der Waals surface area (Å²) in [5.41, 5.74) is 8.40. The maximum absolute atomic E-state index is 12.7. The minimum absolute atomic E-state index is 0.0372. The summed E-state index contributed by atoms with van der Waals surface area (Å²) in [7, 11) is 0. The largest absolute Gasteiger partial charge is 0.494 e. The van der Waals surface area contributed by atoms with Gasteiger partial charge >= 0.3 is 6.61 Å². The molecule has 0 amide bonds. The molecule has 1 aliphatic rings. The number of nitrogens with two attached hydrogens (primary N) is 1. The number of aliphatic imine (C=N–C) groups is 1. The summed E-state index contributed by atoms with van der Waals surface area (Å²) >= 11 is 0. The SMILES string of the molecule is C=C/C=C(\C=C)Nc1cc(OCC)cc(C2(c3ccc(OC(F)F)c(C)c3)COC(N)=N2)c1. The van der Waals surface area contributed by atoms with Crippen molar-refractivity contribution in [3.05, 3.63) is 90.2 Å². The minimum atomic E-state index is -2.91. The highest BCUT2D eigenvalue weighted by atomic mass is 19.3. The monoisotopic (exact) mass is 455 g/mol. The molecule has 33 heavy (non-hydrogen) atoms. The van der Waals surface area contributed by atoms with Crippen LogP contribution in [-0.4, -0.2) is 25.8 Å². The topological polar surface area (TPSA) is 78.1 Å². The number of halogens is 2. The number of hydrogen-bond acceptors (Lipinski definition) is 6. The molecule has 1 aliphatic heterocycles. The van der Waals surface area contributed by atoms with Crippen LogP contribution in [0.25, 0.3) is 0 Å². The van der Waals surface area contributed by atoms with Crippen molar-refractivity contribution in [2.45, 2.75) is 26.0 Å². The molecule has 0 fully saturated rings. The number of ether oxygens (including phenoxy) is 3. The lowest BCUT2D eigenvalue weighted by Gasteiger charge is -2.27. The molecule has 6 nitrogen and oxygen atoms in total. The lowest BCUT2D eigenvalue weighted by atomic mass is 9.83. The smallest absolute Gasteiger partial charge is 0.387 e. The van der Waals surface area contributed by atoms with Gasteiger partial charge in [0.2, 0.25) is 0 Å². The molecule has 174 valence electrons. The maximum atomic E-state index is 12.7. The minimum Gasteiger partial charge on any atom is -0.494 e. The summed E-state index contributed by atoms with van der Waals surface area (Å²) < 4.78 is 41.4. The van der Waals surface area contributed by atoms with Crippen molar-refractivity contribution in [2.75, 3.05) is 18.5 Å². The van der Waals surface area contributed by atoms with Crippen LogP contribution in [0.3, 0.4) is 0 Å². The lowest BCUT2D eigenvalue weighted by Crippen LogP contribution is -2.27. The highest BCUT2D eigenvalue weighted by molar-refractivity contribution is 5.76. The van der Waals surface area contributed by atoms with Gasteiger partial charge in [0.15, 0.2) is 5.54 Å². The van der Waals surface area contributed by atoms with Crippen molar-refractivity contribution in [3.8, 4) is 11.5 Å². The van der Waals surface area contributed by atoms with Gasteiger partial charge in [-0.25, -0.2) is 4.99 Å². The third kappa shape index (κ3) is 5.34. The molecule has 0 bridgehead atoms. The molecule has 1 unspecified atom stereocenters. The van der Waals surface area contributed by atoms with Crippen molar-refractivity contribution in [2.24, 2.45) is 10.7 Å². The van der Waals surface area contributed by atoms with Gasteiger partial charge in [-0.15, -0.1) is 0 Å². The van der Waals surface area contributed by atoms with Crippen molar-refractivity contribution in [3.63, 3.8) is 0 Å². The van der Waals surface area contributed by atoms with E-state index in [0.29, 0.717) is 23.5 Å². The molecule has 0 aliphatic carbocycles. The van der Waals surface area contributed by atoms with Crippen LogP contribution in [0, 0.1) is 6.92 Å². The van der Waals surface area contributed by atoms with E-state index in [9.17, 15) is 8.78 Å². The number of rotatable bonds is 10. The Morgan fingerprint density at radius 3 is 2.64 bits per heavy atom. The zero-order valence-corrected chi connectivity index (χ0v) is 18.6. The molecule has 0 saturated heterocycles. The molecule has 2 aromatic rings. The summed E-state index contributed by atoms with van der Waals surface area (Å²) in [6.45, 7) is 8.80. The quantitative estimate of drug-likeness (QED) is 0.479. The van der Waals surface area contributed by atoms with Gasteiger partial charge in [-0.3, -0.25) is 0 Å². The summed E-state index contributed by atoms with van der Waals surface area (Å²) in [4.78, 5) is 4.62. The van der Waals surface area contributed by atoms with Crippen molar-refractivity contribution < 1.29 is 23.0 Å². The average Bonchev–Trinajstić information content (AvgIpc) is 3.17. The summed E-state index contributed by atoms with van der Waals surface area (Å²) in [6.07, 6.45) is 5.11. The van der Waals surface area contributed by atoms with Gasteiger partial charge in [-0.05, 0) is 67.0 Å². The van der Waals surface area contributed by atoms with E-state index >= 15 is 0 Å². The van der Waals surface area contributed by atoms with E-state index in [-0.39, 0.29) is 18.4 Å². The lowest BCUT2D eigenvalue weighted by molar-refractivity contribution is -0.0503. The molecule has 3 rings (SSSR count). The van der Waals surface area contributed by atoms with Gasteiger partial charge in [0.25, 0.3) is 6.02 Å². The van der Waals surface area contributed by atoms with E-state index in [1.807, 2.05) is 25.1 Å². The van der Waals surface area contributed by atoms with Gasteiger partial charge in [0.05, 0.1) is 6.61 Å². The molecule has 2 aromatic carbocycles. The highest BCUT2D eigenvalue weighted by Crippen LogP contribution is 2.41. The van der Waals surface area contributed by atoms with Crippen LogP contribution < -0.4 is 20.5 Å². The van der Waals surface area contributed by atoms with E-state index in [0.717, 1.165) is 16.9 Å². The molecule has 0 aromatic heterocycles. The fourth-order valence-electron chi connectivity index (χ4n) is 3.64. The highest BCUT2D eigenvalue weighted by Gasteiger charge is 2.41. The summed E-state index contributed by atoms with van der Waals surface area (Å²) in [5.74, 6) is 0.712. The second kappa shape index (κ2) is 10.2. The first-order valence-corrected chi connectivity index (χ1v) is 10.4. The summed E-state index contributed by atoms with van der Waals surface area (Å²) in [5, 5.41) is 3.28. The molecule has 3 N–H and O–H groups in total. The first-order chi connectivity index (χ1) is 15.8. The number of allylic oxidation sites excluding steroid dienone is 3. The Balaban J connectivity index is 2.14. The molecule has 0 spiro atoms. The Kier molecular flexibility index (Phi) is 7.37. The number of aryl methyl sites for hydroxylation is 1. The molecule has 1 heterocycles. The third-order valence-corrected chi connectivity index (χ3v) is 5.10. The zero-order chi connectivity index (χ0) is 24.0. The van der Waals surface area contributed by atoms with Crippen LogP contribution in [-0.2, 0) is 10.3 Å². The molecule has 0 radical (unpaired) electrons. The van der Waals surface area contributed by atoms with Crippen LogP contribution in [0.5, 0.6) is 11.5 Å². The average molecular weight is 456 g/mol. The number of benzene rings is 2. The Labute approximate surface area is 192 Å². The predicted molar refractivity (Wildman–Crippen MR) is 126 cm³/mol. The van der Waals surface area contributed by atoms with Crippen LogP contribution in [0.15, 0.2) is 78.5 Å². The van der Waals surface area contributed by atoms with Crippen molar-refractivity contribution >= 4 is 11.7 Å². The predicted octanol–water partition coefficient (Wildman–Crippen LogP) is 5.25. The van der Waals surface area contributed by atoms with Crippen LogP contribution in [0.4, 0.5) is 14.5 Å². The van der Waals surface area contributed by atoms with Gasteiger partial charge in [0, 0.05) is 17.5 Å². The van der Waals surface area contributed by atoms with Crippen LogP contribution >= 0.6 is 0 Å². The maximum Gasteiger partial charge on any atom is 0.387 e. The number of hydrogen-bond donors (Lipinski definition) is 2. The van der Waals surface area contributed by atoms with Gasteiger partial charge < -0.3 is 25.3 Å².